The van der Waals surface area contributed by atoms with E-state index in [-0.39, 0.29) is 5.56 Å². The minimum atomic E-state index is -4.29. The van der Waals surface area contributed by atoms with Crippen molar-refractivity contribution in [3.8, 4) is 0 Å². The van der Waals surface area contributed by atoms with Crippen molar-refractivity contribution in [2.24, 2.45) is 0 Å². The molecule has 1 aliphatic rings. The molecule has 1 N–H and O–H groups in total. The van der Waals surface area contributed by atoms with Crippen LogP contribution in [0.1, 0.15) is 29.6 Å². The molecule has 0 spiro atoms. The Hall–Kier alpha value is -2.12. The summed E-state index contributed by atoms with van der Waals surface area (Å²) in [7, 11) is 0. The zero-order valence-electron chi connectivity index (χ0n) is 10.3. The summed E-state index contributed by atoms with van der Waals surface area (Å²) in [6, 6.07) is 3.27. The Kier molecular flexibility index (Phi) is 2.70. The molecule has 1 amide bonds. The van der Waals surface area contributed by atoms with Gasteiger partial charge in [-0.15, -0.1) is 0 Å². The number of alkyl halides is 3. The Bertz CT molecular complexity index is 660. The number of carbonyl (C=O) groups is 1. The summed E-state index contributed by atoms with van der Waals surface area (Å²) in [6.07, 6.45) is -1.78. The van der Waals surface area contributed by atoms with Crippen molar-refractivity contribution in [1.82, 2.24) is 20.1 Å². The lowest BCUT2D eigenvalue weighted by molar-refractivity contribution is -0.141. The molecule has 1 fully saturated rings. The summed E-state index contributed by atoms with van der Waals surface area (Å²) in [5, 5.41) is 10.3. The highest BCUT2D eigenvalue weighted by atomic mass is 19.4. The monoisotopic (exact) mass is 284 g/mol. The zero-order valence-corrected chi connectivity index (χ0v) is 10.3. The fourth-order valence-electron chi connectivity index (χ4n) is 2.20. The number of fused-ring (bicyclic) bond motifs is 1. The quantitative estimate of drug-likeness (QED) is 0.937. The van der Waals surface area contributed by atoms with Gasteiger partial charge in [-0.2, -0.15) is 28.0 Å². The first-order valence-corrected chi connectivity index (χ1v) is 6.07. The van der Waals surface area contributed by atoms with Crippen LogP contribution >= 0.6 is 0 Å². The standard InChI is InChI=1S/C12H11F3N4O/c13-12(14,15)7-11(3-4-11)18-10(20)8-6-17-19-9(8)2-1-5-16-19/h1-2,5-6H,3-4,7H2,(H,18,20). The Morgan fingerprint density at radius 2 is 2.15 bits per heavy atom. The molecule has 20 heavy (non-hydrogen) atoms. The lowest BCUT2D eigenvalue weighted by Crippen LogP contribution is -2.40. The summed E-state index contributed by atoms with van der Waals surface area (Å²) in [5.41, 5.74) is -0.453. The SMILES string of the molecule is O=C(NC1(CC(F)(F)F)CC1)c1cnn2ncccc12. The number of rotatable bonds is 3. The van der Waals surface area contributed by atoms with Gasteiger partial charge in [-0.3, -0.25) is 4.79 Å². The van der Waals surface area contributed by atoms with E-state index >= 15 is 0 Å². The van der Waals surface area contributed by atoms with Crippen molar-refractivity contribution in [3.63, 3.8) is 0 Å². The topological polar surface area (TPSA) is 59.3 Å². The third-order valence-corrected chi connectivity index (χ3v) is 3.32. The number of nitrogens with zero attached hydrogens (tertiary/aromatic N) is 3. The number of aromatic nitrogens is 3. The minimum absolute atomic E-state index is 0.228. The first-order chi connectivity index (χ1) is 9.39. The Morgan fingerprint density at radius 1 is 1.40 bits per heavy atom. The van der Waals surface area contributed by atoms with Crippen LogP contribution in [0.25, 0.3) is 5.52 Å². The number of nitrogens with one attached hydrogen (secondary N) is 1. The predicted molar refractivity (Wildman–Crippen MR) is 63.1 cm³/mol. The van der Waals surface area contributed by atoms with E-state index in [1.54, 1.807) is 12.1 Å². The maximum absolute atomic E-state index is 12.5. The molecule has 2 heterocycles. The van der Waals surface area contributed by atoms with Gasteiger partial charge in [-0.05, 0) is 25.0 Å². The number of amides is 1. The van der Waals surface area contributed by atoms with Crippen molar-refractivity contribution in [1.29, 1.82) is 0 Å². The fraction of sp³-hybridized carbons (Fsp3) is 0.417. The molecular formula is C12H11F3N4O. The average molecular weight is 284 g/mol. The molecule has 0 atom stereocenters. The van der Waals surface area contributed by atoms with Crippen molar-refractivity contribution in [2.75, 3.05) is 0 Å². The van der Waals surface area contributed by atoms with Crippen LogP contribution in [0.2, 0.25) is 0 Å². The second kappa shape index (κ2) is 4.19. The van der Waals surface area contributed by atoms with Crippen molar-refractivity contribution in [2.45, 2.75) is 31.0 Å². The van der Waals surface area contributed by atoms with Crippen molar-refractivity contribution in [3.05, 3.63) is 30.1 Å². The van der Waals surface area contributed by atoms with Gasteiger partial charge in [-0.1, -0.05) is 0 Å². The highest BCUT2D eigenvalue weighted by Gasteiger charge is 2.51. The molecule has 0 radical (unpaired) electrons. The van der Waals surface area contributed by atoms with E-state index in [4.69, 9.17) is 0 Å². The third-order valence-electron chi connectivity index (χ3n) is 3.32. The number of hydrogen-bond acceptors (Lipinski definition) is 3. The van der Waals surface area contributed by atoms with Gasteiger partial charge in [0.2, 0.25) is 0 Å². The molecule has 106 valence electrons. The summed E-state index contributed by atoms with van der Waals surface area (Å²) in [6.45, 7) is 0. The van der Waals surface area contributed by atoms with Crippen LogP contribution in [0.15, 0.2) is 24.5 Å². The van der Waals surface area contributed by atoms with Crippen LogP contribution < -0.4 is 5.32 Å². The molecule has 0 aromatic carbocycles. The molecule has 5 nitrogen and oxygen atoms in total. The van der Waals surface area contributed by atoms with Crippen molar-refractivity contribution < 1.29 is 18.0 Å². The van der Waals surface area contributed by atoms with E-state index in [1.165, 1.54) is 17.0 Å². The summed E-state index contributed by atoms with van der Waals surface area (Å²) >= 11 is 0. The molecule has 8 heteroatoms. The fourth-order valence-corrected chi connectivity index (χ4v) is 2.20. The van der Waals surface area contributed by atoms with Crippen LogP contribution in [0.4, 0.5) is 13.2 Å². The molecule has 0 saturated heterocycles. The highest BCUT2D eigenvalue weighted by Crippen LogP contribution is 2.44. The van der Waals surface area contributed by atoms with Gasteiger partial charge in [-0.25, -0.2) is 0 Å². The number of halogens is 3. The van der Waals surface area contributed by atoms with Gasteiger partial charge < -0.3 is 5.32 Å². The molecule has 0 unspecified atom stereocenters. The zero-order chi connectivity index (χ0) is 14.4. The van der Waals surface area contributed by atoms with Gasteiger partial charge in [0, 0.05) is 11.7 Å². The summed E-state index contributed by atoms with van der Waals surface area (Å²) in [5.74, 6) is -0.547. The molecule has 3 rings (SSSR count). The van der Waals surface area contributed by atoms with Gasteiger partial charge in [0.05, 0.1) is 18.2 Å². The summed E-state index contributed by atoms with van der Waals surface area (Å²) in [4.78, 5) is 12.1. The lowest BCUT2D eigenvalue weighted by atomic mass is 10.1. The molecule has 1 aliphatic carbocycles. The van der Waals surface area contributed by atoms with Gasteiger partial charge in [0.25, 0.3) is 5.91 Å². The second-order valence-electron chi connectivity index (χ2n) is 4.98. The second-order valence-corrected chi connectivity index (χ2v) is 4.98. The van der Waals surface area contributed by atoms with E-state index in [9.17, 15) is 18.0 Å². The molecule has 1 saturated carbocycles. The minimum Gasteiger partial charge on any atom is -0.346 e. The first-order valence-electron chi connectivity index (χ1n) is 6.07. The largest absolute Gasteiger partial charge is 0.391 e. The third kappa shape index (κ3) is 2.45. The van der Waals surface area contributed by atoms with E-state index in [0.29, 0.717) is 18.4 Å². The van der Waals surface area contributed by atoms with E-state index in [2.05, 4.69) is 15.5 Å². The lowest BCUT2D eigenvalue weighted by Gasteiger charge is -2.18. The molecule has 2 aromatic heterocycles. The van der Waals surface area contributed by atoms with Crippen molar-refractivity contribution >= 4 is 11.4 Å². The van der Waals surface area contributed by atoms with Gasteiger partial charge in [0.15, 0.2) is 0 Å². The summed E-state index contributed by atoms with van der Waals surface area (Å²) < 4.78 is 38.6. The van der Waals surface area contributed by atoms with Gasteiger partial charge in [0.1, 0.15) is 5.52 Å². The maximum Gasteiger partial charge on any atom is 0.391 e. The first kappa shape index (κ1) is 12.9. The van der Waals surface area contributed by atoms with Crippen LogP contribution in [-0.2, 0) is 0 Å². The van der Waals surface area contributed by atoms with Crippen LogP contribution in [0, 0.1) is 0 Å². The van der Waals surface area contributed by atoms with Crippen LogP contribution in [0.5, 0.6) is 0 Å². The van der Waals surface area contributed by atoms with Crippen LogP contribution in [-0.4, -0.2) is 32.4 Å². The van der Waals surface area contributed by atoms with E-state index in [0.717, 1.165) is 0 Å². The number of hydrogen-bond donors (Lipinski definition) is 1. The molecule has 2 aromatic rings. The number of carbonyl (C=O) groups excluding carboxylic acids is 1. The molecular weight excluding hydrogens is 273 g/mol. The predicted octanol–water partition coefficient (Wildman–Crippen LogP) is 1.94. The van der Waals surface area contributed by atoms with E-state index < -0.39 is 24.0 Å². The normalized spacial score (nSPS) is 17.1. The highest BCUT2D eigenvalue weighted by molar-refractivity contribution is 6.01. The maximum atomic E-state index is 12.5. The molecule has 0 bridgehead atoms. The van der Waals surface area contributed by atoms with E-state index in [1.807, 2.05) is 0 Å². The average Bonchev–Trinajstić information content (AvgIpc) is 2.94. The Morgan fingerprint density at radius 3 is 2.80 bits per heavy atom. The Labute approximate surface area is 111 Å². The smallest absolute Gasteiger partial charge is 0.346 e. The van der Waals surface area contributed by atoms with Gasteiger partial charge >= 0.3 is 6.18 Å². The van der Waals surface area contributed by atoms with Crippen LogP contribution in [0.3, 0.4) is 0 Å². The molecule has 0 aliphatic heterocycles. The Balaban J connectivity index is 1.80.